The Bertz CT molecular complexity index is 788. The molecule has 144 valence electrons. The monoisotopic (exact) mass is 404 g/mol. The molecule has 1 saturated carbocycles. The maximum atomic E-state index is 12.5. The summed E-state index contributed by atoms with van der Waals surface area (Å²) < 4.78 is 0. The maximum absolute atomic E-state index is 12.5. The summed E-state index contributed by atoms with van der Waals surface area (Å²) in [7, 11) is 0. The summed E-state index contributed by atoms with van der Waals surface area (Å²) in [6.45, 7) is 2.60. The van der Waals surface area contributed by atoms with E-state index >= 15 is 0 Å². The number of rotatable bonds is 7. The van der Waals surface area contributed by atoms with Crippen LogP contribution in [-0.2, 0) is 4.79 Å². The molecule has 2 N–H and O–H groups in total. The lowest BCUT2D eigenvalue weighted by atomic mass is 9.89. The van der Waals surface area contributed by atoms with Gasteiger partial charge in [-0.05, 0) is 37.8 Å². The number of anilines is 1. The van der Waals surface area contributed by atoms with Gasteiger partial charge in [0.05, 0.1) is 11.3 Å². The number of carbonyl (C=O) groups is 2. The van der Waals surface area contributed by atoms with Crippen molar-refractivity contribution in [2.75, 3.05) is 17.6 Å². The molecule has 3 rings (SSSR count). The second-order valence-corrected chi connectivity index (χ2v) is 8.87. The van der Waals surface area contributed by atoms with Crippen molar-refractivity contribution < 1.29 is 9.59 Å². The first-order valence-electron chi connectivity index (χ1n) is 9.22. The fraction of sp³-hybridized carbons (Fsp3) is 0.474. The molecule has 2 amide bonds. The second-order valence-electron chi connectivity index (χ2n) is 6.67. The first-order chi connectivity index (χ1) is 13.1. The zero-order valence-corrected chi connectivity index (χ0v) is 17.0. The van der Waals surface area contributed by atoms with Crippen molar-refractivity contribution in [2.45, 2.75) is 43.9 Å². The van der Waals surface area contributed by atoms with E-state index in [9.17, 15) is 9.59 Å². The topological polar surface area (TPSA) is 84.0 Å². The molecule has 2 aromatic rings. The van der Waals surface area contributed by atoms with Crippen molar-refractivity contribution in [3.63, 3.8) is 0 Å². The normalized spacial score (nSPS) is 14.7. The highest BCUT2D eigenvalue weighted by Crippen LogP contribution is 2.25. The van der Waals surface area contributed by atoms with Gasteiger partial charge in [0.25, 0.3) is 5.91 Å². The van der Waals surface area contributed by atoms with E-state index in [2.05, 4.69) is 20.8 Å². The van der Waals surface area contributed by atoms with E-state index in [1.165, 1.54) is 55.2 Å². The molecule has 1 heterocycles. The average Bonchev–Trinajstić information content (AvgIpc) is 3.10. The second kappa shape index (κ2) is 9.85. The van der Waals surface area contributed by atoms with Gasteiger partial charge in [0, 0.05) is 11.4 Å². The van der Waals surface area contributed by atoms with Crippen LogP contribution in [0.2, 0.25) is 0 Å². The van der Waals surface area contributed by atoms with Crippen LogP contribution in [0.1, 0.15) is 47.5 Å². The highest BCUT2D eigenvalue weighted by atomic mass is 32.2. The molecular formula is C19H24N4O2S2. The van der Waals surface area contributed by atoms with Gasteiger partial charge in [-0.25, -0.2) is 0 Å². The van der Waals surface area contributed by atoms with Crippen LogP contribution in [0.15, 0.2) is 29.2 Å². The van der Waals surface area contributed by atoms with Crippen molar-refractivity contribution in [2.24, 2.45) is 5.92 Å². The summed E-state index contributed by atoms with van der Waals surface area (Å²) in [5.74, 6) is 0.688. The number of nitrogens with one attached hydrogen (secondary N) is 2. The molecule has 0 unspecified atom stereocenters. The lowest BCUT2D eigenvalue weighted by molar-refractivity contribution is -0.118. The van der Waals surface area contributed by atoms with E-state index in [0.717, 1.165) is 16.4 Å². The van der Waals surface area contributed by atoms with Crippen molar-refractivity contribution in [1.82, 2.24) is 15.5 Å². The Morgan fingerprint density at radius 1 is 1.19 bits per heavy atom. The lowest BCUT2D eigenvalue weighted by Gasteiger charge is -2.21. The lowest BCUT2D eigenvalue weighted by Crippen LogP contribution is -2.31. The molecule has 1 aliphatic carbocycles. The number of carbonyl (C=O) groups excluding carboxylic acids is 2. The van der Waals surface area contributed by atoms with Gasteiger partial charge in [0.15, 0.2) is 0 Å². The first-order valence-corrected chi connectivity index (χ1v) is 11.0. The van der Waals surface area contributed by atoms with Gasteiger partial charge in [-0.1, -0.05) is 42.7 Å². The molecular weight excluding hydrogens is 380 g/mol. The first kappa shape index (κ1) is 19.8. The Morgan fingerprint density at radius 2 is 1.96 bits per heavy atom. The molecule has 0 atom stereocenters. The van der Waals surface area contributed by atoms with Gasteiger partial charge in [-0.2, -0.15) is 0 Å². The molecule has 1 aliphatic rings. The van der Waals surface area contributed by atoms with Crippen LogP contribution < -0.4 is 10.6 Å². The number of aromatic nitrogens is 2. The standard InChI is InChI=1S/C19H24N4O2S2/c1-13-22-23-19(27-13)21-18(25)15-9-5-6-10-16(15)26-12-17(24)20-11-14-7-3-2-4-8-14/h5-6,9-10,14H,2-4,7-8,11-12H2,1H3,(H,20,24)(H,21,23,25). The number of amides is 2. The molecule has 1 fully saturated rings. The Morgan fingerprint density at radius 3 is 2.70 bits per heavy atom. The summed E-state index contributed by atoms with van der Waals surface area (Å²) >= 11 is 2.71. The van der Waals surface area contributed by atoms with Crippen LogP contribution in [-0.4, -0.2) is 34.3 Å². The third-order valence-electron chi connectivity index (χ3n) is 4.55. The minimum absolute atomic E-state index is 0.0144. The zero-order chi connectivity index (χ0) is 19.1. The maximum Gasteiger partial charge on any atom is 0.258 e. The highest BCUT2D eigenvalue weighted by molar-refractivity contribution is 8.00. The SMILES string of the molecule is Cc1nnc(NC(=O)c2ccccc2SCC(=O)NCC2CCCCC2)s1. The van der Waals surface area contributed by atoms with Crippen molar-refractivity contribution in [1.29, 1.82) is 0 Å². The molecule has 0 bridgehead atoms. The fourth-order valence-electron chi connectivity index (χ4n) is 3.14. The van der Waals surface area contributed by atoms with E-state index in [1.807, 2.05) is 25.1 Å². The van der Waals surface area contributed by atoms with E-state index in [1.54, 1.807) is 6.07 Å². The molecule has 1 aromatic carbocycles. The van der Waals surface area contributed by atoms with Crippen LogP contribution in [0.25, 0.3) is 0 Å². The molecule has 8 heteroatoms. The van der Waals surface area contributed by atoms with Gasteiger partial charge >= 0.3 is 0 Å². The smallest absolute Gasteiger partial charge is 0.258 e. The van der Waals surface area contributed by atoms with Crippen molar-refractivity contribution in [3.05, 3.63) is 34.8 Å². The van der Waals surface area contributed by atoms with E-state index in [4.69, 9.17) is 0 Å². The molecule has 1 aromatic heterocycles. The predicted octanol–water partition coefficient (Wildman–Crippen LogP) is 3.89. The minimum Gasteiger partial charge on any atom is -0.355 e. The van der Waals surface area contributed by atoms with E-state index in [-0.39, 0.29) is 11.8 Å². The largest absolute Gasteiger partial charge is 0.355 e. The fourth-order valence-corrected chi connectivity index (χ4v) is 4.60. The number of hydrogen-bond acceptors (Lipinski definition) is 6. The van der Waals surface area contributed by atoms with Crippen LogP contribution in [0, 0.1) is 12.8 Å². The van der Waals surface area contributed by atoms with Crippen LogP contribution in [0.5, 0.6) is 0 Å². The van der Waals surface area contributed by atoms with E-state index in [0.29, 0.717) is 22.4 Å². The zero-order valence-electron chi connectivity index (χ0n) is 15.4. The Hall–Kier alpha value is -1.93. The number of benzene rings is 1. The summed E-state index contributed by atoms with van der Waals surface area (Å²) in [5, 5.41) is 14.9. The summed E-state index contributed by atoms with van der Waals surface area (Å²) in [4.78, 5) is 25.5. The quantitative estimate of drug-likeness (QED) is 0.684. The molecule has 0 radical (unpaired) electrons. The number of hydrogen-bond donors (Lipinski definition) is 2. The van der Waals surface area contributed by atoms with Crippen molar-refractivity contribution in [3.8, 4) is 0 Å². The summed E-state index contributed by atoms with van der Waals surface area (Å²) in [6, 6.07) is 7.30. The van der Waals surface area contributed by atoms with Gasteiger partial charge in [0.1, 0.15) is 5.01 Å². The summed E-state index contributed by atoms with van der Waals surface area (Å²) in [6.07, 6.45) is 6.27. The average molecular weight is 405 g/mol. The molecule has 27 heavy (non-hydrogen) atoms. The van der Waals surface area contributed by atoms with Crippen LogP contribution >= 0.6 is 23.1 Å². The van der Waals surface area contributed by atoms with Gasteiger partial charge in [0.2, 0.25) is 11.0 Å². The third-order valence-corrected chi connectivity index (χ3v) is 6.38. The van der Waals surface area contributed by atoms with Gasteiger partial charge in [-0.3, -0.25) is 14.9 Å². The molecule has 6 nitrogen and oxygen atoms in total. The Kier molecular flexibility index (Phi) is 7.23. The Labute approximate surface area is 167 Å². The minimum atomic E-state index is -0.239. The summed E-state index contributed by atoms with van der Waals surface area (Å²) in [5.41, 5.74) is 0.537. The highest BCUT2D eigenvalue weighted by Gasteiger charge is 2.16. The third kappa shape index (κ3) is 6.04. The van der Waals surface area contributed by atoms with Crippen molar-refractivity contribution >= 4 is 40.0 Å². The van der Waals surface area contributed by atoms with Crippen LogP contribution in [0.3, 0.4) is 0 Å². The number of thioether (sulfide) groups is 1. The Balaban J connectivity index is 1.52. The molecule has 0 saturated heterocycles. The molecule has 0 spiro atoms. The number of aryl methyl sites for hydroxylation is 1. The predicted molar refractivity (Wildman–Crippen MR) is 109 cm³/mol. The van der Waals surface area contributed by atoms with E-state index < -0.39 is 0 Å². The van der Waals surface area contributed by atoms with Gasteiger partial charge < -0.3 is 5.32 Å². The molecule has 0 aliphatic heterocycles. The van der Waals surface area contributed by atoms with Crippen LogP contribution in [0.4, 0.5) is 5.13 Å². The van der Waals surface area contributed by atoms with Gasteiger partial charge in [-0.15, -0.1) is 22.0 Å². The number of nitrogens with zero attached hydrogens (tertiary/aromatic N) is 2.